The van der Waals surface area contributed by atoms with Crippen LogP contribution < -0.4 is 0 Å². The van der Waals surface area contributed by atoms with Gasteiger partial charge in [0.15, 0.2) is 0 Å². The van der Waals surface area contributed by atoms with Crippen molar-refractivity contribution in [1.82, 2.24) is 4.90 Å². The number of halogens is 10. The number of nitrogens with zero attached hydrogens (tertiary/aromatic N) is 1. The molecule has 3 aromatic rings. The second-order valence-corrected chi connectivity index (χ2v) is 9.92. The highest BCUT2D eigenvalue weighted by molar-refractivity contribution is 6.33. The monoisotopic (exact) mass is 609 g/mol. The smallest absolute Gasteiger partial charge is 0.416 e. The maximum absolute atomic E-state index is 13.6. The maximum atomic E-state index is 13.6. The van der Waals surface area contributed by atoms with Gasteiger partial charge in [-0.3, -0.25) is 4.90 Å². The fourth-order valence-electron chi connectivity index (χ4n) is 4.80. The van der Waals surface area contributed by atoms with Crippen LogP contribution >= 0.6 is 11.6 Å². The Morgan fingerprint density at radius 3 is 1.93 bits per heavy atom. The first-order valence-corrected chi connectivity index (χ1v) is 12.5. The van der Waals surface area contributed by atoms with Gasteiger partial charge in [-0.15, -0.1) is 0 Å². The fraction of sp³-hybridized carbons (Fsp3) is 0.321. The Kier molecular flexibility index (Phi) is 8.03. The van der Waals surface area contributed by atoms with Crippen LogP contribution in [-0.2, 0) is 36.2 Å². The summed E-state index contributed by atoms with van der Waals surface area (Å²) >= 11 is 6.41. The summed E-state index contributed by atoms with van der Waals surface area (Å²) in [5.74, 6) is 0. The Balaban J connectivity index is 1.79. The van der Waals surface area contributed by atoms with Crippen LogP contribution in [0, 0.1) is 0 Å². The minimum Gasteiger partial charge on any atom is -0.439 e. The van der Waals surface area contributed by atoms with Gasteiger partial charge in [0, 0.05) is 10.6 Å². The number of aryl methyl sites for hydroxylation is 1. The summed E-state index contributed by atoms with van der Waals surface area (Å²) in [5.41, 5.74) is -3.33. The molecule has 0 radical (unpaired) electrons. The van der Waals surface area contributed by atoms with E-state index in [-0.39, 0.29) is 22.2 Å². The first kappa shape index (κ1) is 30.5. The summed E-state index contributed by atoms with van der Waals surface area (Å²) in [7, 11) is 0. The quantitative estimate of drug-likeness (QED) is 0.270. The minimum absolute atomic E-state index is 0.00657. The molecule has 3 nitrogen and oxygen atoms in total. The number of alkyl halides is 9. The molecule has 0 aliphatic carbocycles. The first-order chi connectivity index (χ1) is 18.9. The minimum atomic E-state index is -5.12. The molecule has 1 aliphatic rings. The van der Waals surface area contributed by atoms with E-state index in [9.17, 15) is 44.3 Å². The Hall–Kier alpha value is -3.41. The zero-order valence-corrected chi connectivity index (χ0v) is 22.1. The number of benzene rings is 3. The number of carbonyl (C=O) groups is 1. The summed E-state index contributed by atoms with van der Waals surface area (Å²) in [4.78, 5) is 13.8. The molecule has 1 amide bonds. The van der Waals surface area contributed by atoms with Gasteiger partial charge in [0.2, 0.25) is 0 Å². The third-order valence-corrected chi connectivity index (χ3v) is 7.17. The van der Waals surface area contributed by atoms with Crippen LogP contribution in [0.2, 0.25) is 5.02 Å². The van der Waals surface area contributed by atoms with Gasteiger partial charge in [-0.2, -0.15) is 39.5 Å². The highest BCUT2D eigenvalue weighted by atomic mass is 35.5. The van der Waals surface area contributed by atoms with E-state index >= 15 is 0 Å². The first-order valence-electron chi connectivity index (χ1n) is 12.2. The zero-order chi connectivity index (χ0) is 30.5. The number of amides is 1. The van der Waals surface area contributed by atoms with Crippen molar-refractivity contribution < 1.29 is 49.0 Å². The molecule has 220 valence electrons. The normalized spacial score (nSPS) is 18.1. The lowest BCUT2D eigenvalue weighted by Gasteiger charge is -2.24. The van der Waals surface area contributed by atoms with Crippen LogP contribution in [0.25, 0.3) is 11.1 Å². The van der Waals surface area contributed by atoms with E-state index in [1.54, 1.807) is 18.2 Å². The number of carbonyl (C=O) groups excluding carboxylic acids is 1. The van der Waals surface area contributed by atoms with Crippen molar-refractivity contribution in [1.29, 1.82) is 0 Å². The Morgan fingerprint density at radius 1 is 0.805 bits per heavy atom. The van der Waals surface area contributed by atoms with Crippen molar-refractivity contribution in [3.05, 3.63) is 93.0 Å². The van der Waals surface area contributed by atoms with Gasteiger partial charge in [0.25, 0.3) is 0 Å². The third kappa shape index (κ3) is 6.27. The molecule has 0 N–H and O–H groups in total. The highest BCUT2D eigenvalue weighted by Crippen LogP contribution is 2.43. The second-order valence-electron chi connectivity index (χ2n) is 9.51. The van der Waals surface area contributed by atoms with Crippen LogP contribution in [0.1, 0.15) is 53.3 Å². The fourth-order valence-corrected chi connectivity index (χ4v) is 5.09. The molecule has 0 unspecified atom stereocenters. The van der Waals surface area contributed by atoms with Crippen LogP contribution in [0.5, 0.6) is 0 Å². The van der Waals surface area contributed by atoms with Gasteiger partial charge in [-0.25, -0.2) is 4.79 Å². The van der Waals surface area contributed by atoms with E-state index in [0.29, 0.717) is 29.7 Å². The number of hydrogen-bond donors (Lipinski definition) is 0. The molecule has 13 heteroatoms. The molecule has 2 atom stereocenters. The van der Waals surface area contributed by atoms with Crippen molar-refractivity contribution in [3.63, 3.8) is 0 Å². The van der Waals surface area contributed by atoms with E-state index in [1.165, 1.54) is 13.0 Å². The van der Waals surface area contributed by atoms with Crippen LogP contribution in [0.4, 0.5) is 44.3 Å². The van der Waals surface area contributed by atoms with E-state index in [4.69, 9.17) is 16.3 Å². The maximum Gasteiger partial charge on any atom is 0.416 e. The molecule has 1 fully saturated rings. The molecule has 0 saturated carbocycles. The van der Waals surface area contributed by atoms with E-state index in [0.717, 1.165) is 17.0 Å². The van der Waals surface area contributed by atoms with Crippen molar-refractivity contribution in [2.24, 2.45) is 0 Å². The lowest BCUT2D eigenvalue weighted by Crippen LogP contribution is -2.32. The third-order valence-electron chi connectivity index (χ3n) is 6.85. The van der Waals surface area contributed by atoms with Gasteiger partial charge >= 0.3 is 24.6 Å². The largest absolute Gasteiger partial charge is 0.439 e. The van der Waals surface area contributed by atoms with Crippen molar-refractivity contribution in [3.8, 4) is 11.1 Å². The molecular formula is C28H21ClF9NO2. The lowest BCUT2D eigenvalue weighted by atomic mass is 9.92. The zero-order valence-electron chi connectivity index (χ0n) is 21.3. The summed E-state index contributed by atoms with van der Waals surface area (Å²) in [6, 6.07) is 7.57. The molecule has 1 saturated heterocycles. The number of cyclic esters (lactones) is 1. The van der Waals surface area contributed by atoms with Gasteiger partial charge < -0.3 is 4.74 Å². The molecule has 0 spiro atoms. The van der Waals surface area contributed by atoms with Crippen LogP contribution in [0.3, 0.4) is 0 Å². The summed E-state index contributed by atoms with van der Waals surface area (Å²) in [5, 5.41) is 0.240. The average molecular weight is 610 g/mol. The highest BCUT2D eigenvalue weighted by Gasteiger charge is 2.43. The summed E-state index contributed by atoms with van der Waals surface area (Å²) in [6.07, 6.45) is -17.2. The number of hydrogen-bond acceptors (Lipinski definition) is 2. The standard InChI is InChI=1S/C28H21ClF9NO2/c1-3-15-5-4-6-22(29)23(15)21-8-7-18(26(30,31)32)11-17(21)13-39-14(2)24(41-25(39)40)16-9-19(27(33,34)35)12-20(10-16)28(36,37)38/h4-12,14,24H,3,13H2,1-2H3/t14-,24-/m0/s1. The van der Waals surface area contributed by atoms with E-state index in [2.05, 4.69) is 0 Å². The number of ether oxygens (including phenoxy) is 1. The van der Waals surface area contributed by atoms with Gasteiger partial charge in [-0.05, 0) is 72.0 Å². The molecular weight excluding hydrogens is 589 g/mol. The van der Waals surface area contributed by atoms with Gasteiger partial charge in [0.1, 0.15) is 6.10 Å². The van der Waals surface area contributed by atoms with Crippen LogP contribution in [-0.4, -0.2) is 17.0 Å². The topological polar surface area (TPSA) is 29.5 Å². The van der Waals surface area contributed by atoms with E-state index in [1.807, 2.05) is 6.92 Å². The molecule has 3 aromatic carbocycles. The molecule has 0 bridgehead atoms. The molecule has 0 aromatic heterocycles. The van der Waals surface area contributed by atoms with Crippen LogP contribution in [0.15, 0.2) is 54.6 Å². The summed E-state index contributed by atoms with van der Waals surface area (Å²) in [6.45, 7) is 2.65. The average Bonchev–Trinajstić information content (AvgIpc) is 3.15. The van der Waals surface area contributed by atoms with E-state index < -0.39 is 65.6 Å². The predicted molar refractivity (Wildman–Crippen MR) is 132 cm³/mol. The van der Waals surface area contributed by atoms with Crippen molar-refractivity contribution >= 4 is 17.7 Å². The second kappa shape index (κ2) is 10.8. The molecule has 4 rings (SSSR count). The lowest BCUT2D eigenvalue weighted by molar-refractivity contribution is -0.143. The van der Waals surface area contributed by atoms with Crippen molar-refractivity contribution in [2.75, 3.05) is 0 Å². The Labute approximate surface area is 233 Å². The molecule has 1 aliphatic heterocycles. The Morgan fingerprint density at radius 2 is 1.39 bits per heavy atom. The van der Waals surface area contributed by atoms with Gasteiger partial charge in [-0.1, -0.05) is 36.7 Å². The predicted octanol–water partition coefficient (Wildman–Crippen LogP) is 9.71. The summed E-state index contributed by atoms with van der Waals surface area (Å²) < 4.78 is 127. The Bertz CT molecular complexity index is 1430. The SMILES string of the molecule is CCc1cccc(Cl)c1-c1ccc(C(F)(F)F)cc1CN1C(=O)O[C@H](c2cc(C(F)(F)F)cc(C(F)(F)F)c2)[C@@H]1C. The molecule has 41 heavy (non-hydrogen) atoms. The molecule has 1 heterocycles. The van der Waals surface area contributed by atoms with Gasteiger partial charge in [0.05, 0.1) is 29.3 Å². The number of rotatable bonds is 5. The van der Waals surface area contributed by atoms with Crippen molar-refractivity contribution in [2.45, 2.75) is 57.5 Å².